The molecule has 1 aromatic rings. The van der Waals surface area contributed by atoms with Crippen LogP contribution in [0.15, 0.2) is 12.3 Å². The summed E-state index contributed by atoms with van der Waals surface area (Å²) in [5.74, 6) is 1.10. The van der Waals surface area contributed by atoms with Gasteiger partial charge in [-0.05, 0) is 6.07 Å². The fraction of sp³-hybridized carbons (Fsp3) is 0.333. The zero-order valence-electron chi connectivity index (χ0n) is 7.57. The van der Waals surface area contributed by atoms with E-state index in [-0.39, 0.29) is 6.54 Å². The molecule has 4 heteroatoms. The number of hydrogen-bond donors (Lipinski definition) is 0. The second-order valence-electron chi connectivity index (χ2n) is 2.32. The molecule has 0 atom stereocenters. The summed E-state index contributed by atoms with van der Waals surface area (Å²) in [5.41, 5.74) is 0.697. The van der Waals surface area contributed by atoms with Crippen LogP contribution in [0.25, 0.3) is 4.85 Å². The molecule has 0 fully saturated rings. The Hall–Kier alpha value is -1.76. The number of rotatable bonds is 3. The minimum Gasteiger partial charge on any atom is -0.496 e. The highest BCUT2D eigenvalue weighted by atomic mass is 16.5. The van der Waals surface area contributed by atoms with Gasteiger partial charge in [-0.2, -0.15) is 0 Å². The first-order valence-corrected chi connectivity index (χ1v) is 3.72. The maximum atomic E-state index is 6.77. The lowest BCUT2D eigenvalue weighted by Crippen LogP contribution is -1.97. The molecule has 0 amide bonds. The molecular weight excluding hydrogens is 168 g/mol. The first kappa shape index (κ1) is 9.33. The van der Waals surface area contributed by atoms with Gasteiger partial charge in [0.1, 0.15) is 11.3 Å². The normalized spacial score (nSPS) is 9.00. The van der Waals surface area contributed by atoms with Crippen LogP contribution in [0.3, 0.4) is 0 Å². The number of hydrogen-bond acceptors (Lipinski definition) is 3. The van der Waals surface area contributed by atoms with Crippen LogP contribution in [0, 0.1) is 6.57 Å². The molecule has 0 unspecified atom stereocenters. The number of pyridine rings is 1. The van der Waals surface area contributed by atoms with E-state index in [1.807, 2.05) is 0 Å². The van der Waals surface area contributed by atoms with E-state index in [1.54, 1.807) is 19.4 Å². The molecule has 0 aliphatic rings. The lowest BCUT2D eigenvalue weighted by Gasteiger charge is -2.06. The molecule has 1 aromatic heterocycles. The molecule has 4 nitrogen and oxygen atoms in total. The lowest BCUT2D eigenvalue weighted by molar-refractivity contribution is 0.375. The number of methoxy groups -OCH3 is 2. The third kappa shape index (κ3) is 1.88. The standard InChI is InChI=1S/C9H10N2O2/c1-10-6-7-8(12-2)4-5-11-9(7)13-3/h4-5H,6H2,2-3H3. The van der Waals surface area contributed by atoms with Gasteiger partial charge in [0.25, 0.3) is 0 Å². The maximum Gasteiger partial charge on any atom is 0.248 e. The van der Waals surface area contributed by atoms with Crippen molar-refractivity contribution in [1.29, 1.82) is 0 Å². The zero-order valence-corrected chi connectivity index (χ0v) is 7.57. The van der Waals surface area contributed by atoms with Crippen molar-refractivity contribution in [2.45, 2.75) is 6.54 Å². The summed E-state index contributed by atoms with van der Waals surface area (Å²) in [4.78, 5) is 7.25. The number of nitrogens with zero attached hydrogens (tertiary/aromatic N) is 2. The molecule has 1 rings (SSSR count). The van der Waals surface area contributed by atoms with Gasteiger partial charge in [0, 0.05) is 6.20 Å². The Morgan fingerprint density at radius 3 is 2.77 bits per heavy atom. The summed E-state index contributed by atoms with van der Waals surface area (Å²) in [6.45, 7) is 6.99. The highest BCUT2D eigenvalue weighted by Crippen LogP contribution is 2.26. The van der Waals surface area contributed by atoms with E-state index in [4.69, 9.17) is 16.0 Å². The van der Waals surface area contributed by atoms with Crippen molar-refractivity contribution in [2.75, 3.05) is 14.2 Å². The summed E-state index contributed by atoms with van der Waals surface area (Å²) in [7, 11) is 3.08. The Morgan fingerprint density at radius 2 is 2.23 bits per heavy atom. The molecule has 0 bridgehead atoms. The molecular formula is C9H10N2O2. The van der Waals surface area contributed by atoms with Crippen molar-refractivity contribution in [3.63, 3.8) is 0 Å². The Bertz CT molecular complexity index is 309. The summed E-state index contributed by atoms with van der Waals surface area (Å²) >= 11 is 0. The second-order valence-corrected chi connectivity index (χ2v) is 2.32. The SMILES string of the molecule is [C-]#[N+]Cc1c(OC)ccnc1OC. The van der Waals surface area contributed by atoms with Crippen molar-refractivity contribution < 1.29 is 9.47 Å². The zero-order chi connectivity index (χ0) is 9.68. The van der Waals surface area contributed by atoms with Crippen LogP contribution in [-0.4, -0.2) is 19.2 Å². The molecule has 13 heavy (non-hydrogen) atoms. The van der Waals surface area contributed by atoms with Crippen LogP contribution in [0.2, 0.25) is 0 Å². The fourth-order valence-corrected chi connectivity index (χ4v) is 1.05. The van der Waals surface area contributed by atoms with Crippen molar-refractivity contribution >= 4 is 0 Å². The maximum absolute atomic E-state index is 6.77. The Kier molecular flexibility index (Phi) is 3.09. The van der Waals surface area contributed by atoms with Gasteiger partial charge < -0.3 is 14.3 Å². The summed E-state index contributed by atoms with van der Waals surface area (Å²) < 4.78 is 10.1. The molecule has 0 aliphatic heterocycles. The minimum absolute atomic E-state index is 0.222. The largest absolute Gasteiger partial charge is 0.496 e. The molecule has 0 radical (unpaired) electrons. The van der Waals surface area contributed by atoms with E-state index < -0.39 is 0 Å². The molecule has 0 saturated heterocycles. The Balaban J connectivity index is 3.14. The summed E-state index contributed by atoms with van der Waals surface area (Å²) in [5, 5.41) is 0. The van der Waals surface area contributed by atoms with E-state index >= 15 is 0 Å². The lowest BCUT2D eigenvalue weighted by atomic mass is 10.2. The average Bonchev–Trinajstić information content (AvgIpc) is 2.18. The van der Waals surface area contributed by atoms with Gasteiger partial charge in [-0.25, -0.2) is 11.6 Å². The van der Waals surface area contributed by atoms with Gasteiger partial charge in [0.2, 0.25) is 12.4 Å². The monoisotopic (exact) mass is 178 g/mol. The first-order chi connectivity index (χ1) is 6.33. The van der Waals surface area contributed by atoms with Crippen molar-refractivity contribution in [3.8, 4) is 11.6 Å². The predicted octanol–water partition coefficient (Wildman–Crippen LogP) is 1.52. The van der Waals surface area contributed by atoms with Gasteiger partial charge in [-0.3, -0.25) is 0 Å². The van der Waals surface area contributed by atoms with Gasteiger partial charge in [0.15, 0.2) is 0 Å². The van der Waals surface area contributed by atoms with E-state index in [2.05, 4.69) is 9.83 Å². The van der Waals surface area contributed by atoms with Gasteiger partial charge >= 0.3 is 0 Å². The molecule has 1 heterocycles. The van der Waals surface area contributed by atoms with Crippen LogP contribution in [0.5, 0.6) is 11.6 Å². The molecule has 0 aromatic carbocycles. The van der Waals surface area contributed by atoms with Gasteiger partial charge in [-0.1, -0.05) is 0 Å². The molecule has 0 saturated carbocycles. The van der Waals surface area contributed by atoms with Crippen LogP contribution in [0.4, 0.5) is 0 Å². The fourth-order valence-electron chi connectivity index (χ4n) is 1.05. The third-order valence-corrected chi connectivity index (χ3v) is 1.62. The highest BCUT2D eigenvalue weighted by molar-refractivity contribution is 5.40. The van der Waals surface area contributed by atoms with Crippen LogP contribution >= 0.6 is 0 Å². The molecule has 0 N–H and O–H groups in total. The van der Waals surface area contributed by atoms with Gasteiger partial charge in [0.05, 0.1) is 14.2 Å². The Morgan fingerprint density at radius 1 is 1.46 bits per heavy atom. The number of ether oxygens (including phenoxy) is 2. The van der Waals surface area contributed by atoms with E-state index in [0.717, 1.165) is 0 Å². The topological polar surface area (TPSA) is 35.7 Å². The van der Waals surface area contributed by atoms with Crippen molar-refractivity contribution in [3.05, 3.63) is 29.2 Å². The summed E-state index contributed by atoms with van der Waals surface area (Å²) in [6.07, 6.45) is 1.59. The van der Waals surface area contributed by atoms with Crippen LogP contribution in [-0.2, 0) is 6.54 Å². The van der Waals surface area contributed by atoms with Crippen LogP contribution in [0.1, 0.15) is 5.56 Å². The smallest absolute Gasteiger partial charge is 0.248 e. The summed E-state index contributed by atoms with van der Waals surface area (Å²) in [6, 6.07) is 1.71. The number of aromatic nitrogens is 1. The van der Waals surface area contributed by atoms with E-state index in [1.165, 1.54) is 7.11 Å². The molecule has 0 spiro atoms. The van der Waals surface area contributed by atoms with E-state index in [9.17, 15) is 0 Å². The minimum atomic E-state index is 0.222. The molecule has 0 aliphatic carbocycles. The quantitative estimate of drug-likeness (QED) is 0.658. The Labute approximate surface area is 76.9 Å². The second kappa shape index (κ2) is 4.31. The predicted molar refractivity (Wildman–Crippen MR) is 47.6 cm³/mol. The van der Waals surface area contributed by atoms with Crippen molar-refractivity contribution in [1.82, 2.24) is 4.98 Å². The third-order valence-electron chi connectivity index (χ3n) is 1.62. The van der Waals surface area contributed by atoms with Crippen molar-refractivity contribution in [2.24, 2.45) is 0 Å². The van der Waals surface area contributed by atoms with Crippen LogP contribution < -0.4 is 9.47 Å². The van der Waals surface area contributed by atoms with Gasteiger partial charge in [-0.15, -0.1) is 0 Å². The van der Waals surface area contributed by atoms with E-state index in [0.29, 0.717) is 17.2 Å². The first-order valence-electron chi connectivity index (χ1n) is 3.72. The highest BCUT2D eigenvalue weighted by Gasteiger charge is 2.12. The average molecular weight is 178 g/mol. The molecule has 68 valence electrons.